The third-order valence-electron chi connectivity index (χ3n) is 3.35. The average molecular weight is 318 g/mol. The SMILES string of the molecule is COc1ccc(OC)c(CNc2cc([N+](=O)[O-])ccc2OC)c1. The van der Waals surface area contributed by atoms with Gasteiger partial charge in [0.15, 0.2) is 0 Å². The number of non-ortho nitro benzene ring substituents is 1. The molecule has 0 aromatic heterocycles. The van der Waals surface area contributed by atoms with Gasteiger partial charge in [-0.15, -0.1) is 0 Å². The lowest BCUT2D eigenvalue weighted by Gasteiger charge is -2.14. The highest BCUT2D eigenvalue weighted by atomic mass is 16.6. The minimum atomic E-state index is -0.448. The Hall–Kier alpha value is -2.96. The first-order valence-corrected chi connectivity index (χ1v) is 6.86. The lowest BCUT2D eigenvalue weighted by Crippen LogP contribution is -2.04. The van der Waals surface area contributed by atoms with Crippen LogP contribution in [0, 0.1) is 10.1 Å². The summed E-state index contributed by atoms with van der Waals surface area (Å²) in [5.74, 6) is 1.92. The van der Waals surface area contributed by atoms with Gasteiger partial charge in [0.25, 0.3) is 5.69 Å². The van der Waals surface area contributed by atoms with Crippen molar-refractivity contribution in [1.82, 2.24) is 0 Å². The van der Waals surface area contributed by atoms with Crippen LogP contribution in [0.4, 0.5) is 11.4 Å². The molecule has 0 bridgehead atoms. The Morgan fingerprint density at radius 2 is 1.70 bits per heavy atom. The van der Waals surface area contributed by atoms with E-state index in [1.165, 1.54) is 19.2 Å². The van der Waals surface area contributed by atoms with E-state index in [2.05, 4.69) is 5.32 Å². The molecule has 2 rings (SSSR count). The molecule has 0 aliphatic rings. The number of nitrogens with one attached hydrogen (secondary N) is 1. The maximum Gasteiger partial charge on any atom is 0.271 e. The number of anilines is 1. The van der Waals surface area contributed by atoms with Crippen LogP contribution in [0.1, 0.15) is 5.56 Å². The van der Waals surface area contributed by atoms with Gasteiger partial charge in [-0.05, 0) is 24.3 Å². The van der Waals surface area contributed by atoms with Crippen LogP contribution in [-0.2, 0) is 6.54 Å². The first-order chi connectivity index (χ1) is 11.1. The highest BCUT2D eigenvalue weighted by Crippen LogP contribution is 2.31. The molecule has 2 aromatic carbocycles. The number of nitro benzene ring substituents is 1. The normalized spacial score (nSPS) is 10.0. The van der Waals surface area contributed by atoms with E-state index in [0.717, 1.165) is 5.56 Å². The van der Waals surface area contributed by atoms with Crippen LogP contribution >= 0.6 is 0 Å². The molecule has 0 atom stereocenters. The molecule has 0 aliphatic carbocycles. The van der Waals surface area contributed by atoms with E-state index >= 15 is 0 Å². The molecule has 0 fully saturated rings. The number of benzene rings is 2. The summed E-state index contributed by atoms with van der Waals surface area (Å²) in [6, 6.07) is 9.84. The van der Waals surface area contributed by atoms with Crippen molar-refractivity contribution in [1.29, 1.82) is 0 Å². The number of ether oxygens (including phenoxy) is 3. The van der Waals surface area contributed by atoms with Gasteiger partial charge in [0.2, 0.25) is 0 Å². The predicted molar refractivity (Wildman–Crippen MR) is 86.5 cm³/mol. The molecular weight excluding hydrogens is 300 g/mol. The molecule has 7 nitrogen and oxygen atoms in total. The molecule has 0 radical (unpaired) electrons. The second kappa shape index (κ2) is 7.35. The first kappa shape index (κ1) is 16.4. The Morgan fingerprint density at radius 1 is 1.00 bits per heavy atom. The van der Waals surface area contributed by atoms with E-state index in [-0.39, 0.29) is 5.69 Å². The number of rotatable bonds is 7. The smallest absolute Gasteiger partial charge is 0.271 e. The maximum atomic E-state index is 10.9. The van der Waals surface area contributed by atoms with E-state index in [1.807, 2.05) is 6.07 Å². The van der Waals surface area contributed by atoms with Crippen LogP contribution < -0.4 is 19.5 Å². The zero-order valence-electron chi connectivity index (χ0n) is 13.2. The average Bonchev–Trinajstić information content (AvgIpc) is 2.59. The van der Waals surface area contributed by atoms with Crippen molar-refractivity contribution in [3.8, 4) is 17.2 Å². The molecule has 23 heavy (non-hydrogen) atoms. The van der Waals surface area contributed by atoms with Crippen molar-refractivity contribution in [2.45, 2.75) is 6.54 Å². The second-order valence-electron chi connectivity index (χ2n) is 4.67. The van der Waals surface area contributed by atoms with Gasteiger partial charge in [-0.1, -0.05) is 0 Å². The fourth-order valence-electron chi connectivity index (χ4n) is 2.16. The van der Waals surface area contributed by atoms with Gasteiger partial charge < -0.3 is 19.5 Å². The summed E-state index contributed by atoms with van der Waals surface area (Å²) in [5.41, 5.74) is 1.39. The molecule has 0 aliphatic heterocycles. The highest BCUT2D eigenvalue weighted by Gasteiger charge is 2.12. The molecule has 0 saturated heterocycles. The van der Waals surface area contributed by atoms with Crippen LogP contribution in [0.5, 0.6) is 17.2 Å². The van der Waals surface area contributed by atoms with Crippen molar-refractivity contribution >= 4 is 11.4 Å². The molecule has 122 valence electrons. The minimum absolute atomic E-state index is 0.00842. The summed E-state index contributed by atoms with van der Waals surface area (Å²) in [4.78, 5) is 10.5. The molecule has 0 amide bonds. The van der Waals surface area contributed by atoms with Crippen LogP contribution in [0.15, 0.2) is 36.4 Å². The lowest BCUT2D eigenvalue weighted by atomic mass is 10.1. The summed E-state index contributed by atoms with van der Waals surface area (Å²) < 4.78 is 15.8. The Kier molecular flexibility index (Phi) is 5.24. The van der Waals surface area contributed by atoms with E-state index in [1.54, 1.807) is 32.4 Å². The molecule has 7 heteroatoms. The zero-order chi connectivity index (χ0) is 16.8. The number of methoxy groups -OCH3 is 3. The molecule has 0 saturated carbocycles. The van der Waals surface area contributed by atoms with E-state index in [9.17, 15) is 10.1 Å². The van der Waals surface area contributed by atoms with Crippen LogP contribution in [0.2, 0.25) is 0 Å². The highest BCUT2D eigenvalue weighted by molar-refractivity contribution is 5.62. The summed E-state index contributed by atoms with van der Waals surface area (Å²) in [6.07, 6.45) is 0. The minimum Gasteiger partial charge on any atom is -0.497 e. The Morgan fingerprint density at radius 3 is 2.30 bits per heavy atom. The summed E-state index contributed by atoms with van der Waals surface area (Å²) in [7, 11) is 4.68. The Labute approximate surface area is 133 Å². The molecule has 2 aromatic rings. The van der Waals surface area contributed by atoms with Crippen molar-refractivity contribution < 1.29 is 19.1 Å². The number of nitro groups is 1. The molecular formula is C16H18N2O5. The Bertz CT molecular complexity index is 703. The van der Waals surface area contributed by atoms with Crippen LogP contribution in [-0.4, -0.2) is 26.3 Å². The maximum absolute atomic E-state index is 10.9. The van der Waals surface area contributed by atoms with Crippen molar-refractivity contribution in [3.05, 3.63) is 52.1 Å². The van der Waals surface area contributed by atoms with Gasteiger partial charge in [0, 0.05) is 24.2 Å². The molecule has 0 heterocycles. The monoisotopic (exact) mass is 318 g/mol. The Balaban J connectivity index is 2.26. The number of hydrogen-bond donors (Lipinski definition) is 1. The fraction of sp³-hybridized carbons (Fsp3) is 0.250. The lowest BCUT2D eigenvalue weighted by molar-refractivity contribution is -0.384. The van der Waals surface area contributed by atoms with Crippen LogP contribution in [0.25, 0.3) is 0 Å². The summed E-state index contributed by atoms with van der Waals surface area (Å²) in [5, 5.41) is 14.0. The van der Waals surface area contributed by atoms with Gasteiger partial charge in [-0.3, -0.25) is 10.1 Å². The van der Waals surface area contributed by atoms with Crippen molar-refractivity contribution in [2.24, 2.45) is 0 Å². The largest absolute Gasteiger partial charge is 0.497 e. The van der Waals surface area contributed by atoms with Gasteiger partial charge in [-0.25, -0.2) is 0 Å². The van der Waals surface area contributed by atoms with E-state index < -0.39 is 4.92 Å². The van der Waals surface area contributed by atoms with Crippen molar-refractivity contribution in [2.75, 3.05) is 26.6 Å². The fourth-order valence-corrected chi connectivity index (χ4v) is 2.16. The number of nitrogens with zero attached hydrogens (tertiary/aromatic N) is 1. The molecule has 1 N–H and O–H groups in total. The van der Waals surface area contributed by atoms with Gasteiger partial charge in [-0.2, -0.15) is 0 Å². The molecule has 0 unspecified atom stereocenters. The zero-order valence-corrected chi connectivity index (χ0v) is 13.2. The van der Waals surface area contributed by atoms with Gasteiger partial charge >= 0.3 is 0 Å². The van der Waals surface area contributed by atoms with E-state index in [0.29, 0.717) is 29.5 Å². The third kappa shape index (κ3) is 3.82. The topological polar surface area (TPSA) is 82.9 Å². The predicted octanol–water partition coefficient (Wildman–Crippen LogP) is 3.23. The standard InChI is InChI=1S/C16H18N2O5/c1-21-13-5-7-15(22-2)11(8-13)10-17-14-9-12(18(19)20)4-6-16(14)23-3/h4-9,17H,10H2,1-3H3. The van der Waals surface area contributed by atoms with Gasteiger partial charge in [0.05, 0.1) is 31.9 Å². The second-order valence-corrected chi connectivity index (χ2v) is 4.67. The quantitative estimate of drug-likeness (QED) is 0.623. The van der Waals surface area contributed by atoms with Crippen molar-refractivity contribution in [3.63, 3.8) is 0 Å². The first-order valence-electron chi connectivity index (χ1n) is 6.86. The molecule has 0 spiro atoms. The summed E-state index contributed by atoms with van der Waals surface area (Å²) in [6.45, 7) is 0.401. The van der Waals surface area contributed by atoms with Gasteiger partial charge in [0.1, 0.15) is 17.2 Å². The summed E-state index contributed by atoms with van der Waals surface area (Å²) >= 11 is 0. The number of hydrogen-bond acceptors (Lipinski definition) is 6. The van der Waals surface area contributed by atoms with Crippen LogP contribution in [0.3, 0.4) is 0 Å². The van der Waals surface area contributed by atoms with E-state index in [4.69, 9.17) is 14.2 Å². The third-order valence-corrected chi connectivity index (χ3v) is 3.35.